The molecule has 0 radical (unpaired) electrons. The zero-order valence-corrected chi connectivity index (χ0v) is 7.84. The molecule has 0 N–H and O–H groups in total. The van der Waals surface area contributed by atoms with Gasteiger partial charge in [0.2, 0.25) is 0 Å². The number of hydrogen-bond acceptors (Lipinski definition) is 1. The molecule has 0 aromatic carbocycles. The first-order chi connectivity index (χ1) is 5.86. The van der Waals surface area contributed by atoms with E-state index in [4.69, 9.17) is 4.74 Å². The van der Waals surface area contributed by atoms with Gasteiger partial charge in [-0.05, 0) is 30.6 Å². The van der Waals surface area contributed by atoms with Crippen molar-refractivity contribution >= 4 is 0 Å². The van der Waals surface area contributed by atoms with Crippen molar-refractivity contribution in [1.82, 2.24) is 0 Å². The first-order valence-corrected chi connectivity index (χ1v) is 4.48. The minimum Gasteiger partial charge on any atom is -0.497 e. The van der Waals surface area contributed by atoms with E-state index >= 15 is 0 Å². The Morgan fingerprint density at radius 1 is 1.50 bits per heavy atom. The second-order valence-electron chi connectivity index (χ2n) is 2.92. The van der Waals surface area contributed by atoms with Gasteiger partial charge in [-0.3, -0.25) is 0 Å². The molecule has 1 rings (SSSR count). The van der Waals surface area contributed by atoms with Crippen molar-refractivity contribution < 1.29 is 4.74 Å². The maximum atomic E-state index is 5.18. The molecule has 0 aromatic rings. The molecular formula is C11H16O. The van der Waals surface area contributed by atoms with E-state index in [0.717, 1.165) is 18.6 Å². The van der Waals surface area contributed by atoms with Crippen LogP contribution in [0.5, 0.6) is 0 Å². The van der Waals surface area contributed by atoms with E-state index < -0.39 is 0 Å². The molecular weight excluding hydrogens is 148 g/mol. The van der Waals surface area contributed by atoms with Gasteiger partial charge in [0, 0.05) is 0 Å². The van der Waals surface area contributed by atoms with Crippen LogP contribution < -0.4 is 0 Å². The largest absolute Gasteiger partial charge is 0.497 e. The van der Waals surface area contributed by atoms with E-state index in [0.29, 0.717) is 0 Å². The molecule has 0 atom stereocenters. The highest BCUT2D eigenvalue weighted by Crippen LogP contribution is 2.15. The maximum Gasteiger partial charge on any atom is 0.118 e. The molecule has 1 aliphatic carbocycles. The second kappa shape index (κ2) is 4.81. The van der Waals surface area contributed by atoms with Crippen LogP contribution in [-0.2, 0) is 4.74 Å². The summed E-state index contributed by atoms with van der Waals surface area (Å²) in [5.41, 5.74) is 1.39. The molecule has 0 heterocycles. The van der Waals surface area contributed by atoms with Crippen molar-refractivity contribution in [2.45, 2.75) is 26.2 Å². The van der Waals surface area contributed by atoms with Gasteiger partial charge >= 0.3 is 0 Å². The van der Waals surface area contributed by atoms with Crippen LogP contribution in [0.2, 0.25) is 0 Å². The van der Waals surface area contributed by atoms with Crippen LogP contribution in [0, 0.1) is 0 Å². The average molecular weight is 164 g/mol. The van der Waals surface area contributed by atoms with Crippen molar-refractivity contribution in [1.29, 1.82) is 0 Å². The quantitative estimate of drug-likeness (QED) is 0.622. The van der Waals surface area contributed by atoms with E-state index in [9.17, 15) is 0 Å². The molecule has 0 fully saturated rings. The predicted molar refractivity (Wildman–Crippen MR) is 51.8 cm³/mol. The summed E-state index contributed by atoms with van der Waals surface area (Å²) in [6.07, 6.45) is 11.9. The van der Waals surface area contributed by atoms with Crippen LogP contribution in [0.4, 0.5) is 0 Å². The molecule has 1 heteroatoms. The standard InChI is InChI=1S/C11H16O/c1-3-6-10-7-4-5-8-11(9-10)12-2/h5,7-9H,3-4,6H2,1-2H3. The SMILES string of the molecule is CCCC1=CCC=CC(OC)=C1. The first kappa shape index (κ1) is 9.11. The molecule has 1 aliphatic rings. The third-order valence-electron chi connectivity index (χ3n) is 1.90. The minimum absolute atomic E-state index is 0.965. The number of ether oxygens (including phenoxy) is 1. The second-order valence-corrected chi connectivity index (χ2v) is 2.92. The van der Waals surface area contributed by atoms with Crippen molar-refractivity contribution in [2.24, 2.45) is 0 Å². The predicted octanol–water partition coefficient (Wildman–Crippen LogP) is 3.20. The van der Waals surface area contributed by atoms with E-state index in [-0.39, 0.29) is 0 Å². The molecule has 0 spiro atoms. The van der Waals surface area contributed by atoms with Gasteiger partial charge < -0.3 is 4.74 Å². The van der Waals surface area contributed by atoms with Crippen LogP contribution in [0.15, 0.2) is 35.6 Å². The molecule has 0 saturated carbocycles. The number of methoxy groups -OCH3 is 1. The third-order valence-corrected chi connectivity index (χ3v) is 1.90. The molecule has 12 heavy (non-hydrogen) atoms. The van der Waals surface area contributed by atoms with Crippen LogP contribution in [0.25, 0.3) is 0 Å². The summed E-state index contributed by atoms with van der Waals surface area (Å²) in [6.45, 7) is 2.19. The Bertz CT molecular complexity index is 221. The molecule has 1 nitrogen and oxygen atoms in total. The molecule has 0 amide bonds. The van der Waals surface area contributed by atoms with Gasteiger partial charge in [0.15, 0.2) is 0 Å². The average Bonchev–Trinajstić information content (AvgIpc) is 2.30. The Labute approximate surface area is 74.4 Å². The number of rotatable bonds is 3. The Kier molecular flexibility index (Phi) is 3.65. The highest BCUT2D eigenvalue weighted by atomic mass is 16.5. The van der Waals surface area contributed by atoms with Gasteiger partial charge in [0.1, 0.15) is 5.76 Å². The monoisotopic (exact) mass is 164 g/mol. The summed E-state index contributed by atoms with van der Waals surface area (Å²) in [7, 11) is 1.71. The summed E-state index contributed by atoms with van der Waals surface area (Å²) in [4.78, 5) is 0. The number of allylic oxidation sites excluding steroid dienone is 5. The Morgan fingerprint density at radius 3 is 3.00 bits per heavy atom. The van der Waals surface area contributed by atoms with Crippen LogP contribution in [0.3, 0.4) is 0 Å². The minimum atomic E-state index is 0.965. The zero-order valence-electron chi connectivity index (χ0n) is 7.84. The van der Waals surface area contributed by atoms with Gasteiger partial charge in [-0.1, -0.05) is 25.5 Å². The van der Waals surface area contributed by atoms with Crippen LogP contribution >= 0.6 is 0 Å². The van der Waals surface area contributed by atoms with Gasteiger partial charge in [0.05, 0.1) is 7.11 Å². The Hall–Kier alpha value is -0.980. The lowest BCUT2D eigenvalue weighted by Crippen LogP contribution is -1.83. The molecule has 0 saturated heterocycles. The fourth-order valence-corrected chi connectivity index (χ4v) is 1.28. The molecule has 0 bridgehead atoms. The lowest BCUT2D eigenvalue weighted by atomic mass is 10.1. The number of hydrogen-bond donors (Lipinski definition) is 0. The van der Waals surface area contributed by atoms with Crippen molar-refractivity contribution in [3.8, 4) is 0 Å². The maximum absolute atomic E-state index is 5.18. The van der Waals surface area contributed by atoms with Gasteiger partial charge in [-0.2, -0.15) is 0 Å². The molecule has 0 aromatic heterocycles. The summed E-state index contributed by atoms with van der Waals surface area (Å²) >= 11 is 0. The highest BCUT2D eigenvalue weighted by Gasteiger charge is 1.98. The lowest BCUT2D eigenvalue weighted by molar-refractivity contribution is 0.306. The van der Waals surface area contributed by atoms with Crippen LogP contribution in [0.1, 0.15) is 26.2 Å². The summed E-state index contributed by atoms with van der Waals surface area (Å²) in [6, 6.07) is 0. The summed E-state index contributed by atoms with van der Waals surface area (Å²) < 4.78 is 5.18. The fourth-order valence-electron chi connectivity index (χ4n) is 1.28. The van der Waals surface area contributed by atoms with E-state index in [2.05, 4.69) is 25.2 Å². The molecule has 0 unspecified atom stereocenters. The first-order valence-electron chi connectivity index (χ1n) is 4.48. The van der Waals surface area contributed by atoms with Crippen molar-refractivity contribution in [3.05, 3.63) is 35.6 Å². The smallest absolute Gasteiger partial charge is 0.118 e. The van der Waals surface area contributed by atoms with Crippen molar-refractivity contribution in [3.63, 3.8) is 0 Å². The fraction of sp³-hybridized carbons (Fsp3) is 0.455. The highest BCUT2D eigenvalue weighted by molar-refractivity contribution is 5.30. The van der Waals surface area contributed by atoms with Gasteiger partial charge in [0.25, 0.3) is 0 Å². The van der Waals surface area contributed by atoms with Gasteiger partial charge in [-0.15, -0.1) is 0 Å². The van der Waals surface area contributed by atoms with Crippen LogP contribution in [-0.4, -0.2) is 7.11 Å². The summed E-state index contributed by atoms with van der Waals surface area (Å²) in [5, 5.41) is 0. The van der Waals surface area contributed by atoms with E-state index in [1.807, 2.05) is 6.08 Å². The van der Waals surface area contributed by atoms with Crippen molar-refractivity contribution in [2.75, 3.05) is 7.11 Å². The molecule has 0 aliphatic heterocycles. The van der Waals surface area contributed by atoms with E-state index in [1.54, 1.807) is 7.11 Å². The Morgan fingerprint density at radius 2 is 2.33 bits per heavy atom. The zero-order chi connectivity index (χ0) is 8.81. The summed E-state index contributed by atoms with van der Waals surface area (Å²) in [5.74, 6) is 0.965. The topological polar surface area (TPSA) is 9.23 Å². The normalized spacial score (nSPS) is 16.5. The third kappa shape index (κ3) is 2.57. The van der Waals surface area contributed by atoms with E-state index in [1.165, 1.54) is 12.0 Å². The van der Waals surface area contributed by atoms with Gasteiger partial charge in [-0.25, -0.2) is 0 Å². The Balaban J connectivity index is 2.69. The molecule has 66 valence electrons. The lowest BCUT2D eigenvalue weighted by Gasteiger charge is -2.01.